The molecular weight excluding hydrogens is 281 g/mol. The quantitative estimate of drug-likeness (QED) is 0.805. The van der Waals surface area contributed by atoms with Crippen LogP contribution in [0.1, 0.15) is 12.5 Å². The van der Waals surface area contributed by atoms with E-state index in [4.69, 9.17) is 0 Å². The van der Waals surface area contributed by atoms with E-state index >= 15 is 0 Å². The Morgan fingerprint density at radius 3 is 2.59 bits per heavy atom. The lowest BCUT2D eigenvalue weighted by Gasteiger charge is -2.17. The molecule has 4 nitrogen and oxygen atoms in total. The topological polar surface area (TPSA) is 50.9 Å². The van der Waals surface area contributed by atoms with Crippen LogP contribution >= 0.6 is 0 Å². The normalized spacial score (nSPS) is 12.3. The third kappa shape index (κ3) is 2.76. The van der Waals surface area contributed by atoms with Gasteiger partial charge in [0.1, 0.15) is 24.2 Å². The molecule has 0 bridgehead atoms. The Labute approximate surface area is 127 Å². The molecule has 0 spiro atoms. The fourth-order valence-corrected chi connectivity index (χ4v) is 2.57. The lowest BCUT2D eigenvalue weighted by atomic mass is 9.94. The van der Waals surface area contributed by atoms with Gasteiger partial charge in [0.2, 0.25) is 0 Å². The van der Waals surface area contributed by atoms with E-state index < -0.39 is 6.10 Å². The van der Waals surface area contributed by atoms with Crippen molar-refractivity contribution in [3.63, 3.8) is 0 Å². The Morgan fingerprint density at radius 1 is 1.18 bits per heavy atom. The number of aliphatic hydroxyl groups is 1. The standard InChI is InChI=1S/C17H16FN3O/c1-12(22)9-14-7-8-15(18)17(21-11-19-10-20-21)16(14)13-5-3-2-4-6-13/h2-8,10-12,22H,9H2,1H3. The van der Waals surface area contributed by atoms with Gasteiger partial charge in [-0.3, -0.25) is 0 Å². The Kier molecular flexibility index (Phi) is 3.98. The lowest BCUT2D eigenvalue weighted by Crippen LogP contribution is -2.09. The van der Waals surface area contributed by atoms with Crippen molar-refractivity contribution in [3.05, 3.63) is 66.5 Å². The summed E-state index contributed by atoms with van der Waals surface area (Å²) in [5.41, 5.74) is 2.82. The molecule has 0 amide bonds. The van der Waals surface area contributed by atoms with Gasteiger partial charge in [-0.2, -0.15) is 5.10 Å². The van der Waals surface area contributed by atoms with Crippen molar-refractivity contribution < 1.29 is 9.50 Å². The lowest BCUT2D eigenvalue weighted by molar-refractivity contribution is 0.195. The number of rotatable bonds is 4. The van der Waals surface area contributed by atoms with Gasteiger partial charge < -0.3 is 5.11 Å². The number of hydrogen-bond acceptors (Lipinski definition) is 3. The van der Waals surface area contributed by atoms with Crippen molar-refractivity contribution in [2.24, 2.45) is 0 Å². The first-order chi connectivity index (χ1) is 10.7. The van der Waals surface area contributed by atoms with E-state index in [2.05, 4.69) is 10.1 Å². The van der Waals surface area contributed by atoms with E-state index in [9.17, 15) is 9.50 Å². The van der Waals surface area contributed by atoms with Crippen molar-refractivity contribution in [3.8, 4) is 16.8 Å². The van der Waals surface area contributed by atoms with Crippen LogP contribution in [0.5, 0.6) is 0 Å². The first-order valence-electron chi connectivity index (χ1n) is 7.06. The highest BCUT2D eigenvalue weighted by molar-refractivity contribution is 5.76. The second-order valence-corrected chi connectivity index (χ2v) is 5.19. The molecule has 0 radical (unpaired) electrons. The summed E-state index contributed by atoms with van der Waals surface area (Å²) < 4.78 is 15.9. The molecule has 1 aromatic heterocycles. The number of halogens is 1. The molecule has 1 unspecified atom stereocenters. The number of aromatic nitrogens is 3. The molecule has 1 N–H and O–H groups in total. The summed E-state index contributed by atoms with van der Waals surface area (Å²) in [6.45, 7) is 1.72. The molecule has 22 heavy (non-hydrogen) atoms. The number of nitrogens with zero attached hydrogens (tertiary/aromatic N) is 3. The van der Waals surface area contributed by atoms with E-state index in [1.807, 2.05) is 30.3 Å². The Balaban J connectivity index is 2.28. The minimum Gasteiger partial charge on any atom is -0.393 e. The Bertz CT molecular complexity index is 755. The molecule has 3 aromatic rings. The van der Waals surface area contributed by atoms with E-state index in [1.165, 1.54) is 23.4 Å². The molecular formula is C17H16FN3O. The van der Waals surface area contributed by atoms with Gasteiger partial charge in [-0.05, 0) is 30.5 Å². The maximum Gasteiger partial charge on any atom is 0.149 e. The molecule has 0 saturated carbocycles. The van der Waals surface area contributed by atoms with Crippen LogP contribution in [-0.2, 0) is 6.42 Å². The summed E-state index contributed by atoms with van der Waals surface area (Å²) in [4.78, 5) is 3.90. The molecule has 5 heteroatoms. The monoisotopic (exact) mass is 297 g/mol. The fourth-order valence-electron chi connectivity index (χ4n) is 2.57. The van der Waals surface area contributed by atoms with Gasteiger partial charge in [0, 0.05) is 5.56 Å². The second-order valence-electron chi connectivity index (χ2n) is 5.19. The number of benzene rings is 2. The smallest absolute Gasteiger partial charge is 0.149 e. The Hall–Kier alpha value is -2.53. The summed E-state index contributed by atoms with van der Waals surface area (Å²) >= 11 is 0. The third-order valence-corrected chi connectivity index (χ3v) is 3.44. The Morgan fingerprint density at radius 2 is 1.95 bits per heavy atom. The van der Waals surface area contributed by atoms with Crippen molar-refractivity contribution in [1.82, 2.24) is 14.8 Å². The average Bonchev–Trinajstić information content (AvgIpc) is 3.03. The van der Waals surface area contributed by atoms with Crippen LogP contribution in [0.25, 0.3) is 16.8 Å². The average molecular weight is 297 g/mol. The van der Waals surface area contributed by atoms with E-state index in [-0.39, 0.29) is 5.82 Å². The van der Waals surface area contributed by atoms with Gasteiger partial charge in [0.15, 0.2) is 0 Å². The second kappa shape index (κ2) is 6.07. The molecule has 2 aromatic carbocycles. The SMILES string of the molecule is CC(O)Cc1ccc(F)c(-n2cncn2)c1-c1ccccc1. The van der Waals surface area contributed by atoms with Gasteiger partial charge in [-0.1, -0.05) is 36.4 Å². The predicted molar refractivity (Wildman–Crippen MR) is 82.1 cm³/mol. The maximum atomic E-state index is 14.5. The van der Waals surface area contributed by atoms with Crippen LogP contribution < -0.4 is 0 Å². The van der Waals surface area contributed by atoms with Gasteiger partial charge in [-0.15, -0.1) is 0 Å². The van der Waals surface area contributed by atoms with E-state index in [0.717, 1.165) is 16.7 Å². The maximum absolute atomic E-state index is 14.5. The summed E-state index contributed by atoms with van der Waals surface area (Å²) in [6.07, 6.45) is 2.76. The van der Waals surface area contributed by atoms with Gasteiger partial charge >= 0.3 is 0 Å². The zero-order valence-electron chi connectivity index (χ0n) is 12.1. The summed E-state index contributed by atoms with van der Waals surface area (Å²) in [6, 6.07) is 12.7. The van der Waals surface area contributed by atoms with Gasteiger partial charge in [0.05, 0.1) is 6.10 Å². The first kappa shape index (κ1) is 14.4. The molecule has 112 valence electrons. The van der Waals surface area contributed by atoms with Crippen LogP contribution in [0.15, 0.2) is 55.1 Å². The molecule has 0 aliphatic heterocycles. The van der Waals surface area contributed by atoms with E-state index in [0.29, 0.717) is 12.1 Å². The van der Waals surface area contributed by atoms with Crippen molar-refractivity contribution in [1.29, 1.82) is 0 Å². The summed E-state index contributed by atoms with van der Waals surface area (Å²) in [5, 5.41) is 13.8. The molecule has 1 atom stereocenters. The highest BCUT2D eigenvalue weighted by atomic mass is 19.1. The first-order valence-corrected chi connectivity index (χ1v) is 7.06. The van der Waals surface area contributed by atoms with Crippen LogP contribution in [-0.4, -0.2) is 26.0 Å². The van der Waals surface area contributed by atoms with Crippen LogP contribution in [0, 0.1) is 5.82 Å². The molecule has 0 fully saturated rings. The van der Waals surface area contributed by atoms with Gasteiger partial charge in [-0.25, -0.2) is 14.1 Å². The largest absolute Gasteiger partial charge is 0.393 e. The third-order valence-electron chi connectivity index (χ3n) is 3.44. The number of hydrogen-bond donors (Lipinski definition) is 1. The predicted octanol–water partition coefficient (Wildman–Crippen LogP) is 3.00. The minimum absolute atomic E-state index is 0.349. The van der Waals surface area contributed by atoms with Crippen LogP contribution in [0.3, 0.4) is 0 Å². The zero-order valence-corrected chi connectivity index (χ0v) is 12.1. The van der Waals surface area contributed by atoms with Crippen molar-refractivity contribution >= 4 is 0 Å². The molecule has 3 rings (SSSR count). The summed E-state index contributed by atoms with van der Waals surface area (Å²) in [7, 11) is 0. The van der Waals surface area contributed by atoms with Crippen LogP contribution in [0.4, 0.5) is 4.39 Å². The zero-order chi connectivity index (χ0) is 15.5. The van der Waals surface area contributed by atoms with Crippen molar-refractivity contribution in [2.45, 2.75) is 19.4 Å². The molecule has 0 saturated heterocycles. The fraction of sp³-hybridized carbons (Fsp3) is 0.176. The highest BCUT2D eigenvalue weighted by Crippen LogP contribution is 2.32. The number of aliphatic hydroxyl groups excluding tert-OH is 1. The van der Waals surface area contributed by atoms with Crippen molar-refractivity contribution in [2.75, 3.05) is 0 Å². The van der Waals surface area contributed by atoms with Gasteiger partial charge in [0.25, 0.3) is 0 Å². The minimum atomic E-state index is -0.517. The highest BCUT2D eigenvalue weighted by Gasteiger charge is 2.18. The molecule has 0 aliphatic carbocycles. The molecule has 0 aliphatic rings. The van der Waals surface area contributed by atoms with E-state index in [1.54, 1.807) is 13.0 Å². The summed E-state index contributed by atoms with van der Waals surface area (Å²) in [5.74, 6) is -0.376. The molecule has 1 heterocycles. The van der Waals surface area contributed by atoms with Crippen LogP contribution in [0.2, 0.25) is 0 Å².